The molecule has 0 amide bonds. The van der Waals surface area contributed by atoms with E-state index in [1.807, 2.05) is 13.8 Å². The molecule has 4 unspecified atom stereocenters. The van der Waals surface area contributed by atoms with Crippen LogP contribution >= 0.6 is 0 Å². The van der Waals surface area contributed by atoms with Gasteiger partial charge in [0.25, 0.3) is 5.92 Å². The number of rotatable bonds is 5. The second-order valence-electron chi connectivity index (χ2n) is 8.33. The number of halogens is 2. The Kier molecular flexibility index (Phi) is 5.87. The second kappa shape index (κ2) is 7.12. The van der Waals surface area contributed by atoms with Crippen molar-refractivity contribution in [2.24, 2.45) is 23.7 Å². The number of aliphatic hydroxyl groups excluding tert-OH is 1. The first kappa shape index (κ1) is 18.1. The van der Waals surface area contributed by atoms with Crippen LogP contribution in [-0.4, -0.2) is 41.2 Å². The average molecular weight is 317 g/mol. The van der Waals surface area contributed by atoms with Gasteiger partial charge >= 0.3 is 0 Å². The first-order chi connectivity index (χ1) is 10.2. The molecule has 1 saturated carbocycles. The van der Waals surface area contributed by atoms with Gasteiger partial charge in [0.1, 0.15) is 0 Å². The first-order valence-corrected chi connectivity index (χ1v) is 8.99. The highest BCUT2D eigenvalue weighted by Crippen LogP contribution is 2.43. The van der Waals surface area contributed by atoms with Gasteiger partial charge in [0.2, 0.25) is 0 Å². The molecule has 1 saturated heterocycles. The van der Waals surface area contributed by atoms with E-state index in [-0.39, 0.29) is 30.9 Å². The van der Waals surface area contributed by atoms with Crippen LogP contribution in [0.15, 0.2) is 0 Å². The number of nitrogens with zero attached hydrogens (tertiary/aromatic N) is 1. The molecule has 0 aromatic heterocycles. The van der Waals surface area contributed by atoms with Gasteiger partial charge in [-0.3, -0.25) is 4.90 Å². The summed E-state index contributed by atoms with van der Waals surface area (Å²) in [6.07, 6.45) is 2.61. The maximum Gasteiger partial charge on any atom is 0.250 e. The number of hydrogen-bond donors (Lipinski definition) is 1. The number of likely N-dealkylation sites (tertiary alicyclic amines) is 1. The predicted octanol–water partition coefficient (Wildman–Crippen LogP) is 4.18. The second-order valence-corrected chi connectivity index (χ2v) is 8.33. The van der Waals surface area contributed by atoms with E-state index in [1.54, 1.807) is 0 Å². The molecule has 2 nitrogen and oxygen atoms in total. The fourth-order valence-corrected chi connectivity index (χ4v) is 4.43. The Morgan fingerprint density at radius 2 is 1.86 bits per heavy atom. The molecule has 130 valence electrons. The summed E-state index contributed by atoms with van der Waals surface area (Å²) in [6, 6.07) is -0.00416. The highest BCUT2D eigenvalue weighted by molar-refractivity contribution is 4.94. The van der Waals surface area contributed by atoms with Crippen molar-refractivity contribution in [1.82, 2.24) is 4.90 Å². The lowest BCUT2D eigenvalue weighted by atomic mass is 9.84. The van der Waals surface area contributed by atoms with Gasteiger partial charge in [0.15, 0.2) is 0 Å². The molecule has 0 spiro atoms. The van der Waals surface area contributed by atoms with E-state index in [0.29, 0.717) is 24.3 Å². The van der Waals surface area contributed by atoms with E-state index < -0.39 is 5.92 Å². The maximum atomic E-state index is 13.9. The molecule has 0 radical (unpaired) electrons. The van der Waals surface area contributed by atoms with Crippen molar-refractivity contribution in [2.75, 3.05) is 13.1 Å². The predicted molar refractivity (Wildman–Crippen MR) is 86.1 cm³/mol. The van der Waals surface area contributed by atoms with Crippen molar-refractivity contribution in [1.29, 1.82) is 0 Å². The zero-order chi connectivity index (χ0) is 16.5. The van der Waals surface area contributed by atoms with Crippen LogP contribution in [0.4, 0.5) is 8.78 Å². The van der Waals surface area contributed by atoms with E-state index in [2.05, 4.69) is 18.7 Å². The quantitative estimate of drug-likeness (QED) is 0.822. The fourth-order valence-electron chi connectivity index (χ4n) is 4.43. The number of aliphatic hydroxyl groups is 1. The number of hydrogen-bond acceptors (Lipinski definition) is 2. The minimum absolute atomic E-state index is 0.000980. The van der Waals surface area contributed by atoms with Crippen LogP contribution in [0.3, 0.4) is 0 Å². The lowest BCUT2D eigenvalue weighted by molar-refractivity contribution is -0.0922. The Morgan fingerprint density at radius 1 is 1.18 bits per heavy atom. The normalized spacial score (nSPS) is 34.5. The molecule has 4 atom stereocenters. The van der Waals surface area contributed by atoms with Gasteiger partial charge < -0.3 is 5.11 Å². The summed E-state index contributed by atoms with van der Waals surface area (Å²) in [5, 5.41) is 10.3. The Bertz CT molecular complexity index is 359. The van der Waals surface area contributed by atoms with Crippen molar-refractivity contribution in [3.8, 4) is 0 Å². The molecule has 0 bridgehead atoms. The van der Waals surface area contributed by atoms with Crippen LogP contribution in [0, 0.1) is 23.7 Å². The molecule has 1 N–H and O–H groups in total. The van der Waals surface area contributed by atoms with Gasteiger partial charge in [0.05, 0.1) is 6.10 Å². The monoisotopic (exact) mass is 317 g/mol. The zero-order valence-electron chi connectivity index (χ0n) is 14.6. The van der Waals surface area contributed by atoms with Crippen molar-refractivity contribution in [2.45, 2.75) is 77.9 Å². The van der Waals surface area contributed by atoms with E-state index in [9.17, 15) is 13.9 Å². The van der Waals surface area contributed by atoms with Crippen LogP contribution in [0.5, 0.6) is 0 Å². The van der Waals surface area contributed by atoms with Crippen LogP contribution in [0.1, 0.15) is 59.8 Å². The SMILES string of the molecule is CC(C)CN1CCC(F)(F)CC1C1CCC(C(O)C(C)C)C1. The Morgan fingerprint density at radius 3 is 2.45 bits per heavy atom. The van der Waals surface area contributed by atoms with Crippen LogP contribution in [-0.2, 0) is 0 Å². The summed E-state index contributed by atoms with van der Waals surface area (Å²) < 4.78 is 27.9. The molecule has 2 fully saturated rings. The van der Waals surface area contributed by atoms with Gasteiger partial charge in [0, 0.05) is 32.0 Å². The largest absolute Gasteiger partial charge is 0.393 e. The number of alkyl halides is 2. The highest BCUT2D eigenvalue weighted by Gasteiger charge is 2.45. The zero-order valence-corrected chi connectivity index (χ0v) is 14.6. The average Bonchev–Trinajstić information content (AvgIpc) is 2.88. The maximum absolute atomic E-state index is 13.9. The number of piperidine rings is 1. The van der Waals surface area contributed by atoms with Gasteiger partial charge in [-0.05, 0) is 42.9 Å². The summed E-state index contributed by atoms with van der Waals surface area (Å²) in [5.41, 5.74) is 0. The smallest absolute Gasteiger partial charge is 0.250 e. The molecule has 0 aromatic rings. The molecule has 4 heteroatoms. The van der Waals surface area contributed by atoms with Crippen molar-refractivity contribution >= 4 is 0 Å². The van der Waals surface area contributed by atoms with Gasteiger partial charge in [-0.1, -0.05) is 27.7 Å². The summed E-state index contributed by atoms with van der Waals surface area (Å²) in [6.45, 7) is 9.82. The summed E-state index contributed by atoms with van der Waals surface area (Å²) in [7, 11) is 0. The molecule has 0 aromatic carbocycles. The van der Waals surface area contributed by atoms with Gasteiger partial charge in [-0.2, -0.15) is 0 Å². The Balaban J connectivity index is 2.03. The molecule has 1 aliphatic carbocycles. The van der Waals surface area contributed by atoms with Crippen molar-refractivity contribution in [3.05, 3.63) is 0 Å². The fraction of sp³-hybridized carbons (Fsp3) is 1.00. The highest BCUT2D eigenvalue weighted by atomic mass is 19.3. The standard InChI is InChI=1S/C18H33F2NO/c1-12(2)11-21-8-7-18(19,20)10-16(21)14-5-6-15(9-14)17(22)13(3)4/h12-17,22H,5-11H2,1-4H3. The third kappa shape index (κ3) is 4.41. The van der Waals surface area contributed by atoms with E-state index in [0.717, 1.165) is 25.8 Å². The summed E-state index contributed by atoms with van der Waals surface area (Å²) in [4.78, 5) is 2.30. The van der Waals surface area contributed by atoms with Crippen molar-refractivity contribution in [3.63, 3.8) is 0 Å². The molecule has 1 aliphatic heterocycles. The van der Waals surface area contributed by atoms with Crippen LogP contribution < -0.4 is 0 Å². The molecule has 2 rings (SSSR count). The third-order valence-electron chi connectivity index (χ3n) is 5.57. The van der Waals surface area contributed by atoms with Crippen molar-refractivity contribution < 1.29 is 13.9 Å². The summed E-state index contributed by atoms with van der Waals surface area (Å²) in [5.74, 6) is -1.13. The Hall–Kier alpha value is -0.220. The topological polar surface area (TPSA) is 23.5 Å². The van der Waals surface area contributed by atoms with Crippen LogP contribution in [0.25, 0.3) is 0 Å². The minimum atomic E-state index is -2.51. The lowest BCUT2D eigenvalue weighted by Gasteiger charge is -2.43. The molecular weight excluding hydrogens is 284 g/mol. The summed E-state index contributed by atoms with van der Waals surface area (Å²) >= 11 is 0. The first-order valence-electron chi connectivity index (χ1n) is 8.99. The molecule has 22 heavy (non-hydrogen) atoms. The van der Waals surface area contributed by atoms with Crippen LogP contribution in [0.2, 0.25) is 0 Å². The van der Waals surface area contributed by atoms with E-state index in [4.69, 9.17) is 0 Å². The molecular formula is C18H33F2NO. The molecule has 2 aliphatic rings. The van der Waals surface area contributed by atoms with E-state index in [1.165, 1.54) is 0 Å². The molecule has 1 heterocycles. The Labute approximate surface area is 134 Å². The van der Waals surface area contributed by atoms with Gasteiger partial charge in [-0.25, -0.2) is 8.78 Å². The third-order valence-corrected chi connectivity index (χ3v) is 5.57. The van der Waals surface area contributed by atoms with E-state index >= 15 is 0 Å². The van der Waals surface area contributed by atoms with Gasteiger partial charge in [-0.15, -0.1) is 0 Å². The minimum Gasteiger partial charge on any atom is -0.393 e. The lowest BCUT2D eigenvalue weighted by Crippen LogP contribution is -2.51.